The monoisotopic (exact) mass is 234 g/mol. The third-order valence-electron chi connectivity index (χ3n) is 3.72. The Hall–Kier alpha value is -1.42. The number of nitrogens with one attached hydrogen (secondary N) is 1. The fourth-order valence-corrected chi connectivity index (χ4v) is 2.88. The van der Waals surface area contributed by atoms with Crippen molar-refractivity contribution in [1.29, 1.82) is 0 Å². The molecule has 2 heterocycles. The molecule has 3 rings (SSSR count). The lowest BCUT2D eigenvalue weighted by Gasteiger charge is -2.35. The summed E-state index contributed by atoms with van der Waals surface area (Å²) in [6.45, 7) is 1.66. The third kappa shape index (κ3) is 1.72. The molecule has 1 amide bonds. The highest BCUT2D eigenvalue weighted by Crippen LogP contribution is 2.28. The van der Waals surface area contributed by atoms with Gasteiger partial charge < -0.3 is 10.2 Å². The molecule has 17 heavy (non-hydrogen) atoms. The van der Waals surface area contributed by atoms with Crippen molar-refractivity contribution in [2.45, 2.75) is 24.9 Å². The average molecular weight is 234 g/mol. The minimum Gasteiger partial charge on any atom is -0.330 e. The smallest absolute Gasteiger partial charge is 0.257 e. The van der Waals surface area contributed by atoms with Gasteiger partial charge in [0.15, 0.2) is 0 Å². The number of nitrogens with zero attached hydrogens (tertiary/aromatic N) is 1. The highest BCUT2D eigenvalue weighted by atomic mass is 19.1. The van der Waals surface area contributed by atoms with Crippen LogP contribution in [0.1, 0.15) is 23.2 Å². The lowest BCUT2D eigenvalue weighted by molar-refractivity contribution is 0.0614. The lowest BCUT2D eigenvalue weighted by atomic mass is 10.1. The first-order valence-corrected chi connectivity index (χ1v) is 6.05. The van der Waals surface area contributed by atoms with E-state index in [1.54, 1.807) is 18.2 Å². The zero-order valence-corrected chi connectivity index (χ0v) is 9.53. The van der Waals surface area contributed by atoms with Crippen LogP contribution in [0.3, 0.4) is 0 Å². The number of benzene rings is 1. The van der Waals surface area contributed by atoms with Gasteiger partial charge in [-0.1, -0.05) is 12.1 Å². The predicted octanol–water partition coefficient (Wildman–Crippen LogP) is 1.40. The summed E-state index contributed by atoms with van der Waals surface area (Å²) in [6.07, 6.45) is 2.05. The number of carbonyl (C=O) groups excluding carboxylic acids is 1. The molecule has 0 radical (unpaired) electrons. The number of hydrogen-bond donors (Lipinski definition) is 1. The van der Waals surface area contributed by atoms with E-state index in [0.29, 0.717) is 0 Å². The SMILES string of the molecule is O=C(c1ccccc1F)N1C2CCC1CNC2. The quantitative estimate of drug-likeness (QED) is 0.796. The Bertz CT molecular complexity index is 433. The molecule has 3 nitrogen and oxygen atoms in total. The molecule has 0 spiro atoms. The van der Waals surface area contributed by atoms with Crippen molar-refractivity contribution >= 4 is 5.91 Å². The van der Waals surface area contributed by atoms with Gasteiger partial charge in [0.25, 0.3) is 5.91 Å². The molecule has 0 aliphatic carbocycles. The number of hydrogen-bond acceptors (Lipinski definition) is 2. The number of amides is 1. The molecule has 4 heteroatoms. The summed E-state index contributed by atoms with van der Waals surface area (Å²) in [6, 6.07) is 6.71. The van der Waals surface area contributed by atoms with Crippen LogP contribution in [-0.4, -0.2) is 36.0 Å². The largest absolute Gasteiger partial charge is 0.330 e. The normalized spacial score (nSPS) is 27.2. The van der Waals surface area contributed by atoms with E-state index < -0.39 is 5.82 Å². The molecule has 0 saturated carbocycles. The van der Waals surface area contributed by atoms with Gasteiger partial charge in [0.1, 0.15) is 5.82 Å². The summed E-state index contributed by atoms with van der Waals surface area (Å²) < 4.78 is 13.6. The Balaban J connectivity index is 1.90. The highest BCUT2D eigenvalue weighted by molar-refractivity contribution is 5.95. The molecule has 90 valence electrons. The van der Waals surface area contributed by atoms with Gasteiger partial charge in [-0.05, 0) is 25.0 Å². The molecule has 1 aromatic carbocycles. The first-order chi connectivity index (χ1) is 8.27. The second kappa shape index (κ2) is 4.11. The first-order valence-electron chi connectivity index (χ1n) is 6.05. The summed E-state index contributed by atoms with van der Waals surface area (Å²) in [5.74, 6) is -0.576. The molecule has 2 aliphatic heterocycles. The van der Waals surface area contributed by atoms with Crippen LogP contribution in [0.25, 0.3) is 0 Å². The van der Waals surface area contributed by atoms with Gasteiger partial charge in [-0.25, -0.2) is 4.39 Å². The Morgan fingerprint density at radius 1 is 1.24 bits per heavy atom. The van der Waals surface area contributed by atoms with Crippen molar-refractivity contribution in [2.75, 3.05) is 13.1 Å². The van der Waals surface area contributed by atoms with Crippen LogP contribution in [0.4, 0.5) is 4.39 Å². The van der Waals surface area contributed by atoms with Gasteiger partial charge in [0, 0.05) is 25.2 Å². The summed E-state index contributed by atoms with van der Waals surface area (Å²) in [5, 5.41) is 3.31. The van der Waals surface area contributed by atoms with Gasteiger partial charge in [-0.2, -0.15) is 0 Å². The van der Waals surface area contributed by atoms with Crippen molar-refractivity contribution in [2.24, 2.45) is 0 Å². The molecule has 1 N–H and O–H groups in total. The highest BCUT2D eigenvalue weighted by Gasteiger charge is 2.40. The van der Waals surface area contributed by atoms with Crippen molar-refractivity contribution in [3.8, 4) is 0 Å². The first kappa shape index (κ1) is 10.7. The number of fused-ring (bicyclic) bond motifs is 2. The number of rotatable bonds is 1. The minimum absolute atomic E-state index is 0.155. The van der Waals surface area contributed by atoms with Crippen LogP contribution < -0.4 is 5.32 Å². The van der Waals surface area contributed by atoms with E-state index in [-0.39, 0.29) is 23.6 Å². The maximum Gasteiger partial charge on any atom is 0.257 e. The van der Waals surface area contributed by atoms with Crippen LogP contribution >= 0.6 is 0 Å². The summed E-state index contributed by atoms with van der Waals surface area (Å²) in [7, 11) is 0. The zero-order chi connectivity index (χ0) is 11.8. The van der Waals surface area contributed by atoms with Crippen molar-refractivity contribution in [3.63, 3.8) is 0 Å². The molecule has 0 aromatic heterocycles. The van der Waals surface area contributed by atoms with E-state index in [2.05, 4.69) is 5.32 Å². The molecule has 2 atom stereocenters. The van der Waals surface area contributed by atoms with Crippen LogP contribution in [0, 0.1) is 5.82 Å². The van der Waals surface area contributed by atoms with E-state index in [4.69, 9.17) is 0 Å². The van der Waals surface area contributed by atoms with Crippen LogP contribution in [0.2, 0.25) is 0 Å². The van der Waals surface area contributed by atoms with Gasteiger partial charge in [0.05, 0.1) is 5.56 Å². The number of halogens is 1. The molecule has 2 aliphatic rings. The van der Waals surface area contributed by atoms with E-state index in [1.165, 1.54) is 6.07 Å². The Kier molecular flexibility index (Phi) is 2.59. The molecule has 2 fully saturated rings. The fourth-order valence-electron chi connectivity index (χ4n) is 2.88. The van der Waals surface area contributed by atoms with E-state index in [0.717, 1.165) is 25.9 Å². The fraction of sp³-hybridized carbons (Fsp3) is 0.462. The molecule has 2 saturated heterocycles. The van der Waals surface area contributed by atoms with Gasteiger partial charge in [-0.15, -0.1) is 0 Å². The van der Waals surface area contributed by atoms with Gasteiger partial charge >= 0.3 is 0 Å². The van der Waals surface area contributed by atoms with Crippen LogP contribution in [0.15, 0.2) is 24.3 Å². The predicted molar refractivity (Wildman–Crippen MR) is 62.2 cm³/mol. The minimum atomic E-state index is -0.421. The Morgan fingerprint density at radius 2 is 1.88 bits per heavy atom. The van der Waals surface area contributed by atoms with Crippen LogP contribution in [0.5, 0.6) is 0 Å². The lowest BCUT2D eigenvalue weighted by Crippen LogP contribution is -2.54. The molecular weight excluding hydrogens is 219 g/mol. The Morgan fingerprint density at radius 3 is 2.53 bits per heavy atom. The maximum atomic E-state index is 13.6. The topological polar surface area (TPSA) is 32.3 Å². The molecular formula is C13H15FN2O. The standard InChI is InChI=1S/C13H15FN2O/c14-12-4-2-1-3-11(12)13(17)16-9-5-6-10(16)8-15-7-9/h1-4,9-10,15H,5-8H2. The number of carbonyl (C=O) groups is 1. The molecule has 2 bridgehead atoms. The van der Waals surface area contributed by atoms with Gasteiger partial charge in [-0.3, -0.25) is 4.79 Å². The van der Waals surface area contributed by atoms with Crippen molar-refractivity contribution in [1.82, 2.24) is 10.2 Å². The van der Waals surface area contributed by atoms with E-state index >= 15 is 0 Å². The average Bonchev–Trinajstić information content (AvgIpc) is 2.59. The molecule has 1 aromatic rings. The second-order valence-electron chi connectivity index (χ2n) is 4.74. The summed E-state index contributed by atoms with van der Waals surface area (Å²) >= 11 is 0. The van der Waals surface area contributed by atoms with Crippen molar-refractivity contribution < 1.29 is 9.18 Å². The third-order valence-corrected chi connectivity index (χ3v) is 3.72. The maximum absolute atomic E-state index is 13.6. The Labute approximate surface area is 99.6 Å². The second-order valence-corrected chi connectivity index (χ2v) is 4.74. The van der Waals surface area contributed by atoms with Gasteiger partial charge in [0.2, 0.25) is 0 Å². The molecule has 2 unspecified atom stereocenters. The zero-order valence-electron chi connectivity index (χ0n) is 9.53. The van der Waals surface area contributed by atoms with Crippen LogP contribution in [-0.2, 0) is 0 Å². The summed E-state index contributed by atoms with van der Waals surface area (Å²) in [4.78, 5) is 14.2. The van der Waals surface area contributed by atoms with E-state index in [9.17, 15) is 9.18 Å². The van der Waals surface area contributed by atoms with Crippen molar-refractivity contribution in [3.05, 3.63) is 35.6 Å². The van der Waals surface area contributed by atoms with E-state index in [1.807, 2.05) is 4.90 Å². The number of piperazine rings is 1. The summed E-state index contributed by atoms with van der Waals surface area (Å²) in [5.41, 5.74) is 0.200.